The van der Waals surface area contributed by atoms with Crippen molar-refractivity contribution in [2.75, 3.05) is 0 Å². The van der Waals surface area contributed by atoms with Gasteiger partial charge in [-0.1, -0.05) is 236 Å². The van der Waals surface area contributed by atoms with Crippen LogP contribution in [0.1, 0.15) is 176 Å². The number of hydrogen-bond acceptors (Lipinski definition) is 3. The van der Waals surface area contributed by atoms with E-state index in [1.807, 2.05) is 0 Å². The molecule has 12 aromatic carbocycles. The molecule has 0 saturated heterocycles. The average molecular weight is 1120 g/mol. The van der Waals surface area contributed by atoms with Gasteiger partial charge in [0.15, 0.2) is 0 Å². The van der Waals surface area contributed by atoms with Gasteiger partial charge in [0.1, 0.15) is 37.1 Å². The molecule has 0 bridgehead atoms. The van der Waals surface area contributed by atoms with Gasteiger partial charge in [0.2, 0.25) is 0 Å². The minimum atomic E-state index is 0. The zero-order valence-electron chi connectivity index (χ0n) is 51.1. The van der Waals surface area contributed by atoms with Crippen molar-refractivity contribution >= 4 is 64.6 Å². The Bertz CT molecular complexity index is 4080. The van der Waals surface area contributed by atoms with Gasteiger partial charge in [-0.3, -0.25) is 0 Å². The van der Waals surface area contributed by atoms with Crippen LogP contribution in [-0.2, 0) is 19.8 Å². The van der Waals surface area contributed by atoms with Crippen LogP contribution >= 0.6 is 0 Å². The van der Waals surface area contributed by atoms with Crippen LogP contribution < -0.4 is 14.2 Å². The highest BCUT2D eigenvalue weighted by Gasteiger charge is 2.25. The van der Waals surface area contributed by atoms with E-state index in [1.54, 1.807) is 0 Å². The highest BCUT2D eigenvalue weighted by atomic mass is 16.5. The predicted octanol–water partition coefficient (Wildman–Crippen LogP) is 24.0. The summed E-state index contributed by atoms with van der Waals surface area (Å²) in [5.41, 5.74) is 19.7. The normalized spacial score (nSPS) is 12.9. The summed E-state index contributed by atoms with van der Waals surface area (Å²) in [5, 5.41) is 15.4. The fraction of sp³-hybridized carbons (Fsp3) is 0.268. The molecule has 0 aromatic heterocycles. The second-order valence-electron chi connectivity index (χ2n) is 25.9. The second-order valence-corrected chi connectivity index (χ2v) is 25.9. The van der Waals surface area contributed by atoms with Crippen molar-refractivity contribution in [3.8, 4) is 50.6 Å². The Kier molecular flexibility index (Phi) is 15.4. The first kappa shape index (κ1) is 57.1. The van der Waals surface area contributed by atoms with Crippen LogP contribution in [0.15, 0.2) is 182 Å². The molecule has 3 heteroatoms. The summed E-state index contributed by atoms with van der Waals surface area (Å²) in [6, 6.07) is 68.1. The molecule has 15 rings (SSSR count). The fourth-order valence-corrected chi connectivity index (χ4v) is 12.9. The zero-order chi connectivity index (χ0) is 58.2. The maximum Gasteiger partial charge on any atom is 0.135 e. The average Bonchev–Trinajstić information content (AvgIpc) is 2.28. The van der Waals surface area contributed by atoms with Gasteiger partial charge in [0, 0.05) is 33.2 Å². The Hall–Kier alpha value is -8.40. The lowest BCUT2D eigenvalue weighted by molar-refractivity contribution is 0.303. The predicted molar refractivity (Wildman–Crippen MR) is 365 cm³/mol. The molecular weight excluding hydrogens is 1030 g/mol. The van der Waals surface area contributed by atoms with E-state index in [0.717, 1.165) is 17.2 Å². The van der Waals surface area contributed by atoms with Crippen LogP contribution in [0.25, 0.3) is 98.0 Å². The summed E-state index contributed by atoms with van der Waals surface area (Å²) in [6.45, 7) is 28.8. The Morgan fingerprint density at radius 1 is 0.247 bits per heavy atom. The molecule has 0 radical (unpaired) electrons. The van der Waals surface area contributed by atoms with Gasteiger partial charge >= 0.3 is 0 Å². The minimum Gasteiger partial charge on any atom is -0.488 e. The van der Waals surface area contributed by atoms with Crippen molar-refractivity contribution in [1.29, 1.82) is 0 Å². The highest BCUT2D eigenvalue weighted by Crippen LogP contribution is 2.47. The molecule has 0 spiro atoms. The quantitative estimate of drug-likeness (QED) is 0.166. The summed E-state index contributed by atoms with van der Waals surface area (Å²) in [6.07, 6.45) is 0. The minimum absolute atomic E-state index is 0. The van der Waals surface area contributed by atoms with Gasteiger partial charge in [-0.05, 0) is 187 Å². The molecule has 0 N–H and O–H groups in total. The van der Waals surface area contributed by atoms with Crippen LogP contribution in [-0.4, -0.2) is 0 Å². The Morgan fingerprint density at radius 2 is 0.565 bits per heavy atom. The first-order chi connectivity index (χ1) is 40.5. The van der Waals surface area contributed by atoms with E-state index >= 15 is 0 Å². The molecule has 3 heterocycles. The first-order valence-corrected chi connectivity index (χ1v) is 30.8. The van der Waals surface area contributed by atoms with E-state index in [4.69, 9.17) is 14.2 Å². The lowest BCUT2D eigenvalue weighted by atomic mass is 9.89. The molecule has 3 aliphatic rings. The fourth-order valence-electron chi connectivity index (χ4n) is 12.9. The van der Waals surface area contributed by atoms with Crippen LogP contribution in [0.3, 0.4) is 0 Å². The topological polar surface area (TPSA) is 27.7 Å². The summed E-state index contributed by atoms with van der Waals surface area (Å²) in [5.74, 6) is 6.24. The molecule has 0 saturated carbocycles. The van der Waals surface area contributed by atoms with Crippen molar-refractivity contribution in [2.45, 2.75) is 146 Å². The van der Waals surface area contributed by atoms with E-state index in [-0.39, 0.29) is 7.43 Å². The maximum atomic E-state index is 6.35. The van der Waals surface area contributed by atoms with Crippen LogP contribution in [0.5, 0.6) is 17.2 Å². The number of benzene rings is 12. The Balaban J connectivity index is 0.000000124. The molecule has 3 aliphatic heterocycles. The first-order valence-electron chi connectivity index (χ1n) is 30.8. The van der Waals surface area contributed by atoms with Crippen LogP contribution in [0.4, 0.5) is 0 Å². The molecule has 0 fully saturated rings. The number of rotatable bonds is 6. The van der Waals surface area contributed by atoms with E-state index in [0.29, 0.717) is 55.3 Å². The number of hydrogen-bond donors (Lipinski definition) is 0. The third-order valence-corrected chi connectivity index (χ3v) is 18.3. The van der Waals surface area contributed by atoms with Crippen molar-refractivity contribution in [3.05, 3.63) is 232 Å². The van der Waals surface area contributed by atoms with Gasteiger partial charge in [0.05, 0.1) is 0 Å². The monoisotopic (exact) mass is 1110 g/mol. The van der Waals surface area contributed by atoms with E-state index in [9.17, 15) is 0 Å². The summed E-state index contributed by atoms with van der Waals surface area (Å²) in [4.78, 5) is 0. The molecular formula is C82H82O3. The molecule has 0 aliphatic carbocycles. The molecule has 12 aromatic rings. The third kappa shape index (κ3) is 10.7. The van der Waals surface area contributed by atoms with Crippen molar-refractivity contribution in [1.82, 2.24) is 0 Å². The highest BCUT2D eigenvalue weighted by molar-refractivity contribution is 6.02. The van der Waals surface area contributed by atoms with Crippen LogP contribution in [0, 0.1) is 0 Å². The Morgan fingerprint density at radius 3 is 1.01 bits per heavy atom. The smallest absolute Gasteiger partial charge is 0.135 e. The van der Waals surface area contributed by atoms with Crippen molar-refractivity contribution in [2.24, 2.45) is 0 Å². The number of fused-ring (bicyclic) bond motifs is 18. The van der Waals surface area contributed by atoms with Gasteiger partial charge in [0.25, 0.3) is 0 Å². The van der Waals surface area contributed by atoms with Crippen molar-refractivity contribution < 1.29 is 14.2 Å². The molecule has 0 unspecified atom stereocenters. The molecule has 3 nitrogen and oxygen atoms in total. The van der Waals surface area contributed by atoms with E-state index < -0.39 is 0 Å². The largest absolute Gasteiger partial charge is 0.488 e. The Labute approximate surface area is 504 Å². The summed E-state index contributed by atoms with van der Waals surface area (Å²) < 4.78 is 18.8. The SMILES string of the molecule is C.CC(C)c1ccc2c3c(ccc2c1)-c1ccc2cc(C(C)C)ccc2c1OC3.CC(C)c1ccc2cc3c(cc2c1)COc1cc2cc(C(C)C)ccc2cc1-3.CC(C)c1ccc2cc3c(cc2c1)OCc1c-3ccc2cc(C(C)C)ccc12. The summed E-state index contributed by atoms with van der Waals surface area (Å²) in [7, 11) is 0. The molecule has 0 amide bonds. The van der Waals surface area contributed by atoms with Gasteiger partial charge in [-0.25, -0.2) is 0 Å². The maximum absolute atomic E-state index is 6.35. The molecule has 85 heavy (non-hydrogen) atoms. The lowest BCUT2D eigenvalue weighted by Crippen LogP contribution is -2.07. The molecule has 428 valence electrons. The van der Waals surface area contributed by atoms with E-state index in [1.165, 1.54) is 148 Å². The van der Waals surface area contributed by atoms with Gasteiger partial charge in [-0.15, -0.1) is 0 Å². The van der Waals surface area contributed by atoms with Crippen LogP contribution in [0.2, 0.25) is 0 Å². The van der Waals surface area contributed by atoms with Gasteiger partial charge < -0.3 is 14.2 Å². The van der Waals surface area contributed by atoms with E-state index in [2.05, 4.69) is 265 Å². The third-order valence-electron chi connectivity index (χ3n) is 18.3. The summed E-state index contributed by atoms with van der Waals surface area (Å²) >= 11 is 0. The second kappa shape index (κ2) is 22.9. The lowest BCUT2D eigenvalue weighted by Gasteiger charge is -2.24. The van der Waals surface area contributed by atoms with Crippen molar-refractivity contribution in [3.63, 3.8) is 0 Å². The standard InChI is InChI=1S/3C27H26O.CH4/c1-16(2)18-5-9-22-20(13-18)7-11-24-25-12-8-21-14-19(17(3)4)6-10-23(21)27(25)28-15-26(22)24;1-16(2)18-5-7-20-12-25-24(11-22(20)9-18)15-28-27-14-23-10-19(17(3)4)6-8-21(23)13-26(25)27;1-16(2)18-5-6-20-13-25-24-10-8-21-11-19(17(3)4)7-9-23(21)26(24)15-28-27(25)14-22(20)12-18;/h3*5-14,16-17H,15H2,1-4H3;1H4. The number of ether oxygens (including phenoxy) is 3. The van der Waals surface area contributed by atoms with Gasteiger partial charge in [-0.2, -0.15) is 0 Å². The molecule has 0 atom stereocenters. The zero-order valence-corrected chi connectivity index (χ0v) is 51.1.